The summed E-state index contributed by atoms with van der Waals surface area (Å²) < 4.78 is 6.07. The predicted molar refractivity (Wildman–Crippen MR) is 102 cm³/mol. The average Bonchev–Trinajstić information content (AvgIpc) is 3.35. The van der Waals surface area contributed by atoms with Gasteiger partial charge in [-0.15, -0.1) is 16.4 Å². The Morgan fingerprint density at radius 2 is 2.08 bits per heavy atom. The number of rotatable bonds is 4. The Bertz CT molecular complexity index is 1070. The maximum atomic E-state index is 12.1. The number of nitrogens with zero attached hydrogens (tertiary/aromatic N) is 5. The van der Waals surface area contributed by atoms with Crippen molar-refractivity contribution in [2.24, 2.45) is 0 Å². The highest BCUT2D eigenvalue weighted by atomic mass is 32.1. The number of amides is 1. The molecular weight excluding hydrogens is 368 g/mol. The highest BCUT2D eigenvalue weighted by Gasteiger charge is 2.18. The van der Waals surface area contributed by atoms with Gasteiger partial charge in [0.1, 0.15) is 0 Å². The lowest BCUT2D eigenvalue weighted by Gasteiger charge is -2.03. The lowest BCUT2D eigenvalue weighted by atomic mass is 10.2. The largest absolute Gasteiger partial charge is 0.296 e. The van der Waals surface area contributed by atoms with Crippen LogP contribution in [0.25, 0.3) is 17.2 Å². The van der Waals surface area contributed by atoms with Crippen LogP contribution < -0.4 is 5.32 Å². The van der Waals surface area contributed by atoms with Gasteiger partial charge in [0.15, 0.2) is 11.5 Å². The molecule has 0 fully saturated rings. The summed E-state index contributed by atoms with van der Waals surface area (Å²) in [6, 6.07) is 11.6. The molecule has 4 rings (SSSR count). The summed E-state index contributed by atoms with van der Waals surface area (Å²) in [7, 11) is 0. The summed E-state index contributed by atoms with van der Waals surface area (Å²) in [5.41, 5.74) is 3.51. The van der Waals surface area contributed by atoms with Crippen LogP contribution in [-0.2, 0) is 0 Å². The molecule has 9 heteroatoms. The van der Waals surface area contributed by atoms with Gasteiger partial charge in [-0.1, -0.05) is 23.4 Å². The summed E-state index contributed by atoms with van der Waals surface area (Å²) in [6.45, 7) is 3.95. The topological polar surface area (TPSA) is 85.6 Å². The predicted octanol–water partition coefficient (Wildman–Crippen LogP) is 3.72. The van der Waals surface area contributed by atoms with Crippen molar-refractivity contribution in [1.29, 1.82) is 0 Å². The van der Waals surface area contributed by atoms with Gasteiger partial charge in [0.2, 0.25) is 5.13 Å². The van der Waals surface area contributed by atoms with Gasteiger partial charge in [0.05, 0.1) is 16.3 Å². The van der Waals surface area contributed by atoms with Crippen LogP contribution in [0.15, 0.2) is 41.8 Å². The van der Waals surface area contributed by atoms with Crippen molar-refractivity contribution in [3.8, 4) is 17.2 Å². The number of benzene rings is 1. The molecule has 0 spiro atoms. The monoisotopic (exact) mass is 382 g/mol. The van der Waals surface area contributed by atoms with E-state index in [-0.39, 0.29) is 5.91 Å². The van der Waals surface area contributed by atoms with Gasteiger partial charge in [0.25, 0.3) is 5.91 Å². The summed E-state index contributed by atoms with van der Waals surface area (Å²) in [6.07, 6.45) is 0. The fourth-order valence-electron chi connectivity index (χ4n) is 2.48. The molecule has 7 nitrogen and oxygen atoms in total. The molecule has 0 saturated carbocycles. The molecule has 3 heterocycles. The minimum absolute atomic E-state index is 0.192. The van der Waals surface area contributed by atoms with E-state index in [4.69, 9.17) is 0 Å². The number of carbonyl (C=O) groups excluding carboxylic acids is 1. The van der Waals surface area contributed by atoms with E-state index in [0.29, 0.717) is 21.5 Å². The minimum Gasteiger partial charge on any atom is -0.296 e. The first-order valence-electron chi connectivity index (χ1n) is 7.80. The van der Waals surface area contributed by atoms with E-state index in [0.717, 1.165) is 28.5 Å². The maximum Gasteiger partial charge on any atom is 0.267 e. The van der Waals surface area contributed by atoms with Gasteiger partial charge in [0, 0.05) is 11.5 Å². The molecule has 1 amide bonds. The van der Waals surface area contributed by atoms with Crippen LogP contribution >= 0.6 is 22.9 Å². The van der Waals surface area contributed by atoms with Crippen LogP contribution in [0.5, 0.6) is 0 Å². The quantitative estimate of drug-likeness (QED) is 0.581. The van der Waals surface area contributed by atoms with E-state index in [1.807, 2.05) is 49.6 Å². The van der Waals surface area contributed by atoms with Gasteiger partial charge in [-0.2, -0.15) is 9.36 Å². The SMILES string of the molecule is Cc1cccc(-n2nnc(-c3nsc(NC(=O)c4cccs4)n3)c2C)c1. The second-order valence-corrected chi connectivity index (χ2v) is 7.33. The fourth-order valence-corrected chi connectivity index (χ4v) is 3.66. The average molecular weight is 382 g/mol. The second kappa shape index (κ2) is 6.77. The number of thiophene rings is 1. The molecule has 0 aliphatic rings. The minimum atomic E-state index is -0.192. The first-order chi connectivity index (χ1) is 12.6. The molecule has 3 aromatic heterocycles. The molecule has 26 heavy (non-hydrogen) atoms. The third kappa shape index (κ3) is 3.14. The van der Waals surface area contributed by atoms with E-state index in [1.165, 1.54) is 11.3 Å². The third-order valence-electron chi connectivity index (χ3n) is 3.74. The zero-order valence-electron chi connectivity index (χ0n) is 14.0. The summed E-state index contributed by atoms with van der Waals surface area (Å²) in [5.74, 6) is 0.260. The molecule has 0 aliphatic carbocycles. The Labute approximate surface area is 157 Å². The van der Waals surface area contributed by atoms with E-state index >= 15 is 0 Å². The Morgan fingerprint density at radius 1 is 1.19 bits per heavy atom. The molecule has 1 aromatic carbocycles. The van der Waals surface area contributed by atoms with Crippen LogP contribution in [0.3, 0.4) is 0 Å². The maximum absolute atomic E-state index is 12.1. The van der Waals surface area contributed by atoms with Crippen molar-refractivity contribution >= 4 is 33.9 Å². The van der Waals surface area contributed by atoms with Gasteiger partial charge in [-0.25, -0.2) is 4.68 Å². The molecule has 0 saturated heterocycles. The Kier molecular flexibility index (Phi) is 4.31. The van der Waals surface area contributed by atoms with Crippen molar-refractivity contribution in [2.45, 2.75) is 13.8 Å². The van der Waals surface area contributed by atoms with Crippen LogP contribution in [-0.4, -0.2) is 30.3 Å². The molecule has 0 aliphatic heterocycles. The Hall–Kier alpha value is -2.91. The van der Waals surface area contributed by atoms with E-state index in [9.17, 15) is 4.79 Å². The van der Waals surface area contributed by atoms with Crippen LogP contribution in [0.2, 0.25) is 0 Å². The van der Waals surface area contributed by atoms with Gasteiger partial charge < -0.3 is 0 Å². The highest BCUT2D eigenvalue weighted by molar-refractivity contribution is 7.12. The van der Waals surface area contributed by atoms with Gasteiger partial charge in [-0.05, 0) is 43.0 Å². The van der Waals surface area contributed by atoms with Crippen molar-refractivity contribution in [1.82, 2.24) is 24.4 Å². The number of aryl methyl sites for hydroxylation is 1. The van der Waals surface area contributed by atoms with Crippen molar-refractivity contribution in [3.05, 3.63) is 57.9 Å². The first kappa shape index (κ1) is 16.6. The van der Waals surface area contributed by atoms with Crippen LogP contribution in [0.4, 0.5) is 5.13 Å². The standard InChI is InChI=1S/C17H14N6OS2/c1-10-5-3-6-12(9-10)23-11(2)14(20-22-23)15-18-17(26-21-15)19-16(24)13-7-4-8-25-13/h3-9H,1-2H3,(H,18,19,21,24). The molecule has 4 aromatic rings. The summed E-state index contributed by atoms with van der Waals surface area (Å²) in [5, 5.41) is 13.5. The zero-order valence-corrected chi connectivity index (χ0v) is 15.6. The molecule has 1 N–H and O–H groups in total. The molecule has 0 radical (unpaired) electrons. The zero-order chi connectivity index (χ0) is 18.1. The number of anilines is 1. The molecule has 0 bridgehead atoms. The van der Waals surface area contributed by atoms with E-state index in [2.05, 4.69) is 25.0 Å². The van der Waals surface area contributed by atoms with Gasteiger partial charge in [-0.3, -0.25) is 10.1 Å². The van der Waals surface area contributed by atoms with Crippen molar-refractivity contribution < 1.29 is 4.79 Å². The number of hydrogen-bond donors (Lipinski definition) is 1. The molecule has 130 valence electrons. The van der Waals surface area contributed by atoms with Crippen LogP contribution in [0.1, 0.15) is 20.9 Å². The third-order valence-corrected chi connectivity index (χ3v) is 5.24. The fraction of sp³-hybridized carbons (Fsp3) is 0.118. The Morgan fingerprint density at radius 3 is 2.85 bits per heavy atom. The van der Waals surface area contributed by atoms with Crippen molar-refractivity contribution in [3.63, 3.8) is 0 Å². The normalized spacial score (nSPS) is 10.8. The Balaban J connectivity index is 1.59. The second-order valence-electron chi connectivity index (χ2n) is 5.63. The molecule has 0 atom stereocenters. The number of hydrogen-bond acceptors (Lipinski definition) is 7. The van der Waals surface area contributed by atoms with E-state index < -0.39 is 0 Å². The number of carbonyl (C=O) groups is 1. The van der Waals surface area contributed by atoms with Crippen molar-refractivity contribution in [2.75, 3.05) is 5.32 Å². The smallest absolute Gasteiger partial charge is 0.267 e. The summed E-state index contributed by atoms with van der Waals surface area (Å²) >= 11 is 2.50. The molecular formula is C17H14N6OS2. The summed E-state index contributed by atoms with van der Waals surface area (Å²) in [4.78, 5) is 17.1. The van der Waals surface area contributed by atoms with Gasteiger partial charge >= 0.3 is 0 Å². The molecule has 0 unspecified atom stereocenters. The lowest BCUT2D eigenvalue weighted by Crippen LogP contribution is -2.09. The van der Waals surface area contributed by atoms with E-state index in [1.54, 1.807) is 10.7 Å². The lowest BCUT2D eigenvalue weighted by molar-refractivity contribution is 0.103. The number of nitrogens with one attached hydrogen (secondary N) is 1. The highest BCUT2D eigenvalue weighted by Crippen LogP contribution is 2.24. The van der Waals surface area contributed by atoms with Crippen LogP contribution in [0, 0.1) is 13.8 Å². The first-order valence-corrected chi connectivity index (χ1v) is 9.45. The number of aromatic nitrogens is 5.